The lowest BCUT2D eigenvalue weighted by Gasteiger charge is -2.48. The highest BCUT2D eigenvalue weighted by Crippen LogP contribution is 2.48. The molecule has 0 aromatic heterocycles. The minimum atomic E-state index is -1.84. The fourth-order valence-corrected chi connectivity index (χ4v) is 8.88. The number of aliphatic hydroxyl groups excluding tert-OH is 3. The molecule has 2 bridgehead atoms. The second-order valence-corrected chi connectivity index (χ2v) is 16.5. The van der Waals surface area contributed by atoms with Crippen molar-refractivity contribution in [2.75, 3.05) is 20.7 Å². The van der Waals surface area contributed by atoms with Crippen molar-refractivity contribution in [2.24, 2.45) is 17.8 Å². The zero-order valence-electron chi connectivity index (χ0n) is 33.1. The Morgan fingerprint density at radius 2 is 1.77 bits per heavy atom. The first-order chi connectivity index (χ1) is 24.1. The molecule has 14 heteroatoms. The average molecular weight is 741 g/mol. The highest BCUT2D eigenvalue weighted by atomic mass is 16.7. The number of likely N-dealkylation sites (N-methyl/N-ethyl adjacent to an activating group) is 1. The minimum Gasteiger partial charge on any atom is -0.488 e. The molecular weight excluding hydrogens is 676 g/mol. The Morgan fingerprint density at radius 3 is 2.37 bits per heavy atom. The van der Waals surface area contributed by atoms with E-state index in [1.165, 1.54) is 14.0 Å². The Balaban J connectivity index is 1.83. The first-order valence-corrected chi connectivity index (χ1v) is 18.8. The predicted octanol–water partition coefficient (Wildman–Crippen LogP) is 2.79. The van der Waals surface area contributed by atoms with Gasteiger partial charge in [0.05, 0.1) is 54.5 Å². The van der Waals surface area contributed by atoms with Crippen molar-refractivity contribution < 1.29 is 58.4 Å². The fraction of sp³-hybridized carbons (Fsp3) is 0.895. The number of hydrogen-bond acceptors (Lipinski definition) is 14. The second kappa shape index (κ2) is 16.5. The summed E-state index contributed by atoms with van der Waals surface area (Å²) in [5.41, 5.74) is -3.09. The summed E-state index contributed by atoms with van der Waals surface area (Å²) in [5.74, 6) is -2.44. The third kappa shape index (κ3) is 8.34. The molecule has 6 unspecified atom stereocenters. The van der Waals surface area contributed by atoms with E-state index in [1.54, 1.807) is 46.6 Å². The monoisotopic (exact) mass is 740 g/mol. The summed E-state index contributed by atoms with van der Waals surface area (Å²) in [7, 11) is 3.29. The van der Waals surface area contributed by atoms with Crippen molar-refractivity contribution in [2.45, 2.75) is 179 Å². The van der Waals surface area contributed by atoms with E-state index in [0.29, 0.717) is 18.6 Å². The van der Waals surface area contributed by atoms with E-state index in [-0.39, 0.29) is 25.5 Å². The van der Waals surface area contributed by atoms with Gasteiger partial charge < -0.3 is 53.6 Å². The topological polar surface area (TPSA) is 190 Å². The summed E-state index contributed by atoms with van der Waals surface area (Å²) in [6.45, 7) is 17.9. The van der Waals surface area contributed by atoms with E-state index in [2.05, 4.69) is 6.07 Å². The van der Waals surface area contributed by atoms with Crippen LogP contribution < -0.4 is 0 Å². The van der Waals surface area contributed by atoms with Crippen LogP contribution in [-0.2, 0) is 38.0 Å². The third-order valence-electron chi connectivity index (χ3n) is 12.2. The van der Waals surface area contributed by atoms with Crippen LogP contribution in [0.2, 0.25) is 0 Å². The smallest absolute Gasteiger partial charge is 0.311 e. The molecule has 0 saturated carbocycles. The molecule has 298 valence electrons. The summed E-state index contributed by atoms with van der Waals surface area (Å²) in [4.78, 5) is 16.1. The van der Waals surface area contributed by atoms with Crippen LogP contribution in [0.1, 0.15) is 94.9 Å². The van der Waals surface area contributed by atoms with Crippen molar-refractivity contribution >= 4 is 5.97 Å². The van der Waals surface area contributed by atoms with Crippen molar-refractivity contribution in [3.05, 3.63) is 11.3 Å². The van der Waals surface area contributed by atoms with Crippen LogP contribution in [0.5, 0.6) is 0 Å². The Bertz CT molecular complexity index is 1320. The van der Waals surface area contributed by atoms with Gasteiger partial charge in [0.15, 0.2) is 12.6 Å². The Hall–Kier alpha value is -1.90. The molecule has 0 radical (unpaired) electrons. The van der Waals surface area contributed by atoms with Gasteiger partial charge in [-0.3, -0.25) is 9.69 Å². The lowest BCUT2D eigenvalue weighted by Crippen LogP contribution is -2.60. The van der Waals surface area contributed by atoms with Crippen LogP contribution in [0.4, 0.5) is 0 Å². The molecule has 3 saturated heterocycles. The zero-order chi connectivity index (χ0) is 39.1. The fourth-order valence-electron chi connectivity index (χ4n) is 8.88. The highest BCUT2D eigenvalue weighted by molar-refractivity contribution is 5.73. The first kappa shape index (κ1) is 42.8. The molecule has 4 rings (SSSR count). The summed E-state index contributed by atoms with van der Waals surface area (Å²) < 4.78 is 44.8. The molecule has 14 nitrogen and oxygen atoms in total. The van der Waals surface area contributed by atoms with Crippen LogP contribution in [0, 0.1) is 29.1 Å². The number of ether oxygens (including phenoxy) is 7. The van der Waals surface area contributed by atoms with E-state index in [4.69, 9.17) is 33.2 Å². The molecule has 0 aromatic rings. The Morgan fingerprint density at radius 1 is 1.12 bits per heavy atom. The maximum absolute atomic E-state index is 14.3. The number of hydrogen-bond donors (Lipinski definition) is 4. The number of aliphatic hydroxyl groups is 4. The van der Waals surface area contributed by atoms with E-state index in [0.717, 1.165) is 5.57 Å². The van der Waals surface area contributed by atoms with E-state index in [9.17, 15) is 30.5 Å². The largest absolute Gasteiger partial charge is 0.488 e. The summed E-state index contributed by atoms with van der Waals surface area (Å²) in [6, 6.07) is 1.72. The van der Waals surface area contributed by atoms with Crippen molar-refractivity contribution in [1.82, 2.24) is 4.90 Å². The molecule has 4 heterocycles. The van der Waals surface area contributed by atoms with Gasteiger partial charge in [-0.1, -0.05) is 20.8 Å². The summed E-state index contributed by atoms with van der Waals surface area (Å²) in [6.07, 6.45) is -8.06. The van der Waals surface area contributed by atoms with E-state index >= 15 is 0 Å². The van der Waals surface area contributed by atoms with Crippen LogP contribution >= 0.6 is 0 Å². The molecule has 0 spiro atoms. The molecule has 4 aliphatic rings. The molecular formula is C38H64N2O12. The van der Waals surface area contributed by atoms with Gasteiger partial charge in [-0.2, -0.15) is 5.26 Å². The van der Waals surface area contributed by atoms with Gasteiger partial charge in [-0.05, 0) is 73.9 Å². The predicted molar refractivity (Wildman–Crippen MR) is 188 cm³/mol. The van der Waals surface area contributed by atoms with Crippen LogP contribution in [-0.4, -0.2) is 136 Å². The lowest BCUT2D eigenvalue weighted by atomic mass is 9.78. The number of carbonyl (C=O) groups is 1. The number of esters is 1. The van der Waals surface area contributed by atoms with Gasteiger partial charge in [-0.25, -0.2) is 0 Å². The molecule has 3 fully saturated rings. The van der Waals surface area contributed by atoms with E-state index in [1.807, 2.05) is 27.7 Å². The van der Waals surface area contributed by atoms with Crippen molar-refractivity contribution in [3.8, 4) is 6.07 Å². The maximum atomic E-state index is 14.3. The Kier molecular flexibility index (Phi) is 13.6. The third-order valence-corrected chi connectivity index (χ3v) is 12.2. The van der Waals surface area contributed by atoms with Gasteiger partial charge >= 0.3 is 5.97 Å². The molecule has 0 aliphatic carbocycles. The second-order valence-electron chi connectivity index (χ2n) is 16.5. The van der Waals surface area contributed by atoms with Crippen molar-refractivity contribution in [3.63, 3.8) is 0 Å². The lowest BCUT2D eigenvalue weighted by molar-refractivity contribution is -0.316. The normalized spacial score (nSPS) is 45.0. The van der Waals surface area contributed by atoms with Gasteiger partial charge in [0.25, 0.3) is 0 Å². The van der Waals surface area contributed by atoms with Gasteiger partial charge in [0.1, 0.15) is 41.4 Å². The number of rotatable bonds is 10. The molecule has 17 atom stereocenters. The average Bonchev–Trinajstić information content (AvgIpc) is 3.40. The number of cyclic esters (lactones) is 1. The molecule has 4 N–H and O–H groups in total. The maximum Gasteiger partial charge on any atom is 0.311 e. The Labute approximate surface area is 309 Å². The first-order valence-electron chi connectivity index (χ1n) is 18.8. The summed E-state index contributed by atoms with van der Waals surface area (Å²) in [5, 5.41) is 54.7. The van der Waals surface area contributed by atoms with Crippen LogP contribution in [0.3, 0.4) is 0 Å². The van der Waals surface area contributed by atoms with Crippen LogP contribution in [0.25, 0.3) is 0 Å². The highest BCUT2D eigenvalue weighted by Gasteiger charge is 2.57. The number of nitrogens with zero attached hydrogens (tertiary/aromatic N) is 2. The van der Waals surface area contributed by atoms with Gasteiger partial charge in [0.2, 0.25) is 0 Å². The van der Waals surface area contributed by atoms with Crippen LogP contribution in [0.15, 0.2) is 11.3 Å². The molecule has 0 amide bonds. The zero-order valence-corrected chi connectivity index (χ0v) is 33.1. The number of fused-ring (bicyclic) bond motifs is 2. The number of carbonyl (C=O) groups excluding carboxylic acids is 1. The molecule has 52 heavy (non-hydrogen) atoms. The van der Waals surface area contributed by atoms with Gasteiger partial charge in [0, 0.05) is 31.9 Å². The number of nitriles is 1. The molecule has 4 aliphatic heterocycles. The quantitative estimate of drug-likeness (QED) is 0.189. The SMILES string of the molecule is CC[C@@H](O)[C@@](C)(O)[C@@H]1OC(=O)[C@H](C)[C@@H](O[C@H]2CC(C)(OC)[C@@H](O)C(C)O2)[C@H](C)[C@@H](O[C@@H]2OC(C)CC(N(C)CC#N)C2O)C2(C)CC(C)=C(O2)[C@@H]1C. The number of methoxy groups -OCH3 is 1. The van der Waals surface area contributed by atoms with E-state index < -0.39 is 102 Å². The minimum absolute atomic E-state index is 0.105. The molecule has 0 aromatic carbocycles. The summed E-state index contributed by atoms with van der Waals surface area (Å²) >= 11 is 0. The van der Waals surface area contributed by atoms with Gasteiger partial charge in [-0.15, -0.1) is 0 Å². The standard InChI is InChI=1S/C38H64N2O12/c1-13-26(41)38(10,45)33-21(4)29-19(2)17-37(9,52-29)32(51-35-28(42)25(16-20(3)47-35)40(11)15-14-39)22(5)30(23(6)34(44)50-33)49-27-18-36(8,46-12)31(43)24(7)48-27/h20-28,30-33,35,41-43,45H,13,15-18H2,1-12H3/t20?,21-,22-,23+,24?,25?,26+,27-,28?,30-,31-,32+,33+,35-,36?,37?,38+/m0/s1. The van der Waals surface area contributed by atoms with Crippen molar-refractivity contribution in [1.29, 1.82) is 5.26 Å².